The van der Waals surface area contributed by atoms with Crippen molar-refractivity contribution in [2.45, 2.75) is 230 Å². The van der Waals surface area contributed by atoms with E-state index in [-0.39, 0.29) is 36.9 Å². The molecule has 10 N–H and O–H groups in total. The molecule has 0 aromatic heterocycles. The number of unbranched alkanes of at least 4 members (excludes halogenated alkanes) is 24. The van der Waals surface area contributed by atoms with Crippen LogP contribution >= 0.6 is 11.8 Å². The number of hydrogen-bond donors (Lipinski definition) is 8. The number of carbonyl (C=O) groups is 7. The van der Waals surface area contributed by atoms with Gasteiger partial charge in [-0.3, -0.25) is 28.8 Å². The van der Waals surface area contributed by atoms with E-state index in [1.54, 1.807) is 0 Å². The number of carboxylic acids is 1. The second-order valence-electron chi connectivity index (χ2n) is 17.5. The summed E-state index contributed by atoms with van der Waals surface area (Å²) in [4.78, 5) is 86.4. The van der Waals surface area contributed by atoms with E-state index in [0.717, 1.165) is 38.5 Å². The van der Waals surface area contributed by atoms with Gasteiger partial charge in [0.05, 0.1) is 25.7 Å². The lowest BCUT2D eigenvalue weighted by Gasteiger charge is -2.23. The smallest absolute Gasteiger partial charge is 0.326 e. The molecule has 0 bridgehead atoms. The molecule has 0 radical (unpaired) electrons. The van der Waals surface area contributed by atoms with E-state index in [9.17, 15) is 48.9 Å². The minimum atomic E-state index is -1.72. The van der Waals surface area contributed by atoms with Gasteiger partial charge in [0, 0.05) is 24.3 Å². The first-order valence-corrected chi connectivity index (χ1v) is 26.3. The number of esters is 2. The SMILES string of the molecule is CCCCCCCCCCCCCCCC(=O)OC[C@H](CSC[C@H](N)C(=O)N[C@@H](CO)C(=O)N[C@@H](CO)C(=O)N[C@@H](CC(N)=O)C(=O)O)OC(=O)CCCCCCCCCCCCCCC. The predicted molar refractivity (Wildman–Crippen MR) is 258 cm³/mol. The fourth-order valence-electron chi connectivity index (χ4n) is 7.21. The van der Waals surface area contributed by atoms with Gasteiger partial charge in [-0.2, -0.15) is 11.8 Å². The monoisotopic (exact) mass is 960 g/mol. The third-order valence-electron chi connectivity index (χ3n) is 11.3. The molecule has 18 heteroatoms. The number of hydrogen-bond acceptors (Lipinski definition) is 13. The zero-order chi connectivity index (χ0) is 49.2. The summed E-state index contributed by atoms with van der Waals surface area (Å²) in [7, 11) is 0. The quantitative estimate of drug-likeness (QED) is 0.0262. The number of thioether (sulfide) groups is 1. The van der Waals surface area contributed by atoms with Crippen molar-refractivity contribution in [1.29, 1.82) is 0 Å². The molecule has 0 rings (SSSR count). The number of rotatable bonds is 46. The summed E-state index contributed by atoms with van der Waals surface area (Å²) in [6.45, 7) is 2.40. The highest BCUT2D eigenvalue weighted by molar-refractivity contribution is 7.99. The van der Waals surface area contributed by atoms with Crippen molar-refractivity contribution in [1.82, 2.24) is 16.0 Å². The molecule has 0 aliphatic carbocycles. The van der Waals surface area contributed by atoms with Crippen molar-refractivity contribution in [3.8, 4) is 0 Å². The van der Waals surface area contributed by atoms with Gasteiger partial charge in [0.1, 0.15) is 30.8 Å². The average molecular weight is 960 g/mol. The minimum absolute atomic E-state index is 0.0104. The molecule has 0 spiro atoms. The lowest BCUT2D eigenvalue weighted by Crippen LogP contribution is -2.59. The maximum Gasteiger partial charge on any atom is 0.326 e. The maximum absolute atomic E-state index is 12.9. The molecule has 4 amide bonds. The molecule has 0 saturated carbocycles. The highest BCUT2D eigenvalue weighted by Crippen LogP contribution is 2.16. The van der Waals surface area contributed by atoms with E-state index in [1.807, 2.05) is 5.32 Å². The standard InChI is InChI=1S/C48H89N5O12S/c1-3-5-7-9-11-13-15-17-19-21-23-25-27-29-43(57)64-34-37(65-44(58)30-28-26-24-22-20-18-16-14-12-10-8-6-4-2)35-66-36-38(49)45(59)52-40(32-54)47(61)53-41(33-55)46(60)51-39(48(62)63)31-42(50)56/h37-41,54-55H,3-36,49H2,1-2H3,(H2,50,56)(H,51,60)(H,52,59)(H,53,61)(H,62,63)/t37-,38+,39+,40+,41+/m1/s1. The highest BCUT2D eigenvalue weighted by atomic mass is 32.2. The third kappa shape index (κ3) is 35.7. The largest absolute Gasteiger partial charge is 0.480 e. The first kappa shape index (κ1) is 62.5. The number of primary amides is 1. The molecule has 384 valence electrons. The fourth-order valence-corrected chi connectivity index (χ4v) is 8.18. The molecule has 0 aromatic carbocycles. The minimum Gasteiger partial charge on any atom is -0.480 e. The zero-order valence-corrected chi connectivity index (χ0v) is 41.3. The Kier molecular flexibility index (Phi) is 40.6. The zero-order valence-electron chi connectivity index (χ0n) is 40.5. The molecule has 0 fully saturated rings. The van der Waals surface area contributed by atoms with E-state index in [4.69, 9.17) is 20.9 Å². The summed E-state index contributed by atoms with van der Waals surface area (Å²) >= 11 is 1.17. The van der Waals surface area contributed by atoms with E-state index >= 15 is 0 Å². The average Bonchev–Trinajstić information content (AvgIpc) is 3.28. The van der Waals surface area contributed by atoms with Gasteiger partial charge in [-0.05, 0) is 12.8 Å². The van der Waals surface area contributed by atoms with Crippen LogP contribution in [0.5, 0.6) is 0 Å². The van der Waals surface area contributed by atoms with Gasteiger partial charge in [0.15, 0.2) is 0 Å². The number of nitrogens with two attached hydrogens (primary N) is 2. The molecule has 0 saturated heterocycles. The van der Waals surface area contributed by atoms with E-state index in [0.29, 0.717) is 12.8 Å². The first-order valence-electron chi connectivity index (χ1n) is 25.1. The number of aliphatic hydroxyl groups is 2. The van der Waals surface area contributed by atoms with Crippen molar-refractivity contribution < 1.29 is 58.4 Å². The highest BCUT2D eigenvalue weighted by Gasteiger charge is 2.30. The lowest BCUT2D eigenvalue weighted by atomic mass is 10.0. The topological polar surface area (TPSA) is 287 Å². The van der Waals surface area contributed by atoms with E-state index < -0.39 is 85.5 Å². The fraction of sp³-hybridized carbons (Fsp3) is 0.854. The molecule has 0 unspecified atom stereocenters. The van der Waals surface area contributed by atoms with E-state index in [1.165, 1.54) is 127 Å². The van der Waals surface area contributed by atoms with Crippen LogP contribution in [-0.2, 0) is 43.0 Å². The van der Waals surface area contributed by atoms with Crippen LogP contribution in [0.15, 0.2) is 0 Å². The molecular formula is C48H89N5O12S. The number of aliphatic hydroxyl groups excluding tert-OH is 2. The second-order valence-corrected chi connectivity index (χ2v) is 18.6. The number of carbonyl (C=O) groups excluding carboxylic acids is 6. The summed E-state index contributed by atoms with van der Waals surface area (Å²) in [5.41, 5.74) is 11.1. The Morgan fingerprint density at radius 2 is 0.879 bits per heavy atom. The van der Waals surface area contributed by atoms with Gasteiger partial charge in [-0.1, -0.05) is 168 Å². The number of nitrogens with one attached hydrogen (secondary N) is 3. The summed E-state index contributed by atoms with van der Waals surface area (Å²) in [6, 6.07) is -6.24. The summed E-state index contributed by atoms with van der Waals surface area (Å²) in [6.07, 6.45) is 29.7. The van der Waals surface area contributed by atoms with Crippen molar-refractivity contribution in [3.63, 3.8) is 0 Å². The number of ether oxygens (including phenoxy) is 2. The normalized spacial score (nSPS) is 13.5. The van der Waals surface area contributed by atoms with Crippen LogP contribution in [0.25, 0.3) is 0 Å². The van der Waals surface area contributed by atoms with Crippen LogP contribution in [0, 0.1) is 0 Å². The molecular weight excluding hydrogens is 871 g/mol. The van der Waals surface area contributed by atoms with Crippen molar-refractivity contribution in [2.24, 2.45) is 11.5 Å². The number of aliphatic carboxylic acids is 1. The Balaban J connectivity index is 5.01. The van der Waals surface area contributed by atoms with Crippen molar-refractivity contribution in [2.75, 3.05) is 31.3 Å². The molecule has 0 aromatic rings. The Hall–Kier alpha value is -3.48. The van der Waals surface area contributed by atoms with Crippen molar-refractivity contribution >= 4 is 53.3 Å². The summed E-state index contributed by atoms with van der Waals surface area (Å²) < 4.78 is 11.3. The lowest BCUT2D eigenvalue weighted by molar-refractivity contribution is -0.157. The molecule has 0 heterocycles. The molecule has 0 aliphatic heterocycles. The maximum atomic E-state index is 12.9. The molecule has 0 aliphatic rings. The van der Waals surface area contributed by atoms with Gasteiger partial charge in [0.25, 0.3) is 0 Å². The van der Waals surface area contributed by atoms with Crippen LogP contribution in [0.4, 0.5) is 0 Å². The van der Waals surface area contributed by atoms with Crippen LogP contribution in [0.1, 0.15) is 200 Å². The molecule has 17 nitrogen and oxygen atoms in total. The van der Waals surface area contributed by atoms with Crippen molar-refractivity contribution in [3.05, 3.63) is 0 Å². The number of carboxylic acid groups (broad SMARTS) is 1. The predicted octanol–water partition coefficient (Wildman–Crippen LogP) is 5.86. The van der Waals surface area contributed by atoms with Gasteiger partial charge < -0.3 is 52.2 Å². The Labute approximate surface area is 399 Å². The number of amides is 4. The van der Waals surface area contributed by atoms with Gasteiger partial charge >= 0.3 is 17.9 Å². The van der Waals surface area contributed by atoms with Gasteiger partial charge in [0.2, 0.25) is 23.6 Å². The van der Waals surface area contributed by atoms with Gasteiger partial charge in [-0.25, -0.2) is 4.79 Å². The van der Waals surface area contributed by atoms with Gasteiger partial charge in [-0.15, -0.1) is 0 Å². The summed E-state index contributed by atoms with van der Waals surface area (Å²) in [5, 5.41) is 35.1. The Morgan fingerprint density at radius 3 is 1.26 bits per heavy atom. The first-order chi connectivity index (χ1) is 31.8. The summed E-state index contributed by atoms with van der Waals surface area (Å²) in [5.74, 6) is -6.30. The van der Waals surface area contributed by atoms with Crippen LogP contribution < -0.4 is 27.4 Å². The van der Waals surface area contributed by atoms with Crippen LogP contribution in [-0.4, -0.2) is 118 Å². The van der Waals surface area contributed by atoms with Crippen LogP contribution in [0.2, 0.25) is 0 Å². The second kappa shape index (κ2) is 42.8. The van der Waals surface area contributed by atoms with Crippen LogP contribution in [0.3, 0.4) is 0 Å². The molecule has 5 atom stereocenters. The Morgan fingerprint density at radius 1 is 0.515 bits per heavy atom. The molecule has 66 heavy (non-hydrogen) atoms. The third-order valence-corrected chi connectivity index (χ3v) is 12.5. The Bertz CT molecular complexity index is 1330. The van der Waals surface area contributed by atoms with E-state index in [2.05, 4.69) is 24.5 Å².